The highest BCUT2D eigenvalue weighted by Crippen LogP contribution is 2.31. The second kappa shape index (κ2) is 8.30. The first-order valence-electron chi connectivity index (χ1n) is 10.8. The summed E-state index contributed by atoms with van der Waals surface area (Å²) in [5, 5.41) is 8.71. The van der Waals surface area contributed by atoms with Gasteiger partial charge in [-0.3, -0.25) is 4.79 Å². The van der Waals surface area contributed by atoms with Crippen LogP contribution in [-0.4, -0.2) is 39.2 Å². The van der Waals surface area contributed by atoms with E-state index in [4.69, 9.17) is 15.7 Å². The van der Waals surface area contributed by atoms with E-state index >= 15 is 0 Å². The molecule has 0 unspecified atom stereocenters. The molecule has 0 atom stereocenters. The van der Waals surface area contributed by atoms with Crippen LogP contribution >= 0.6 is 0 Å². The van der Waals surface area contributed by atoms with Gasteiger partial charge in [0.1, 0.15) is 11.6 Å². The molecule has 3 heterocycles. The van der Waals surface area contributed by atoms with Gasteiger partial charge in [-0.2, -0.15) is 19.7 Å². The number of primary amides is 1. The predicted octanol–water partition coefficient (Wildman–Crippen LogP) is 3.30. The lowest BCUT2D eigenvalue weighted by atomic mass is 10.1. The Kier molecular flexibility index (Phi) is 5.18. The van der Waals surface area contributed by atoms with E-state index in [9.17, 15) is 4.79 Å². The van der Waals surface area contributed by atoms with Crippen molar-refractivity contribution in [3.8, 4) is 5.95 Å². The third-order valence-corrected chi connectivity index (χ3v) is 5.88. The van der Waals surface area contributed by atoms with Gasteiger partial charge in [0.2, 0.25) is 5.91 Å². The summed E-state index contributed by atoms with van der Waals surface area (Å²) in [6.07, 6.45) is 4.76. The Morgan fingerprint density at radius 1 is 1.09 bits per heavy atom. The number of nitrogens with two attached hydrogens (primary N) is 1. The molecule has 0 saturated carbocycles. The second-order valence-electron chi connectivity index (χ2n) is 8.05. The zero-order valence-corrected chi connectivity index (χ0v) is 18.0. The van der Waals surface area contributed by atoms with Crippen molar-refractivity contribution in [3.63, 3.8) is 0 Å². The maximum Gasteiger partial charge on any atom is 0.255 e. The molecule has 1 aliphatic rings. The Morgan fingerprint density at radius 3 is 2.75 bits per heavy atom. The Labute approximate surface area is 186 Å². The molecule has 0 aliphatic carbocycles. The van der Waals surface area contributed by atoms with Gasteiger partial charge in [0.15, 0.2) is 0 Å². The summed E-state index contributed by atoms with van der Waals surface area (Å²) >= 11 is 0. The minimum absolute atomic E-state index is 0.433. The molecule has 0 radical (unpaired) electrons. The van der Waals surface area contributed by atoms with Crippen molar-refractivity contribution in [1.82, 2.24) is 19.7 Å². The van der Waals surface area contributed by atoms with Crippen molar-refractivity contribution in [3.05, 3.63) is 71.4 Å². The minimum Gasteiger partial charge on any atom is -0.366 e. The largest absolute Gasteiger partial charge is 0.366 e. The fourth-order valence-corrected chi connectivity index (χ4v) is 4.21. The van der Waals surface area contributed by atoms with E-state index in [1.807, 2.05) is 24.3 Å². The summed E-state index contributed by atoms with van der Waals surface area (Å²) in [6.45, 7) is 1.60. The molecular weight excluding hydrogens is 402 g/mol. The van der Waals surface area contributed by atoms with E-state index in [2.05, 4.69) is 34.5 Å². The molecule has 0 fully saturated rings. The number of nitrogens with zero attached hydrogens (tertiary/aromatic N) is 5. The van der Waals surface area contributed by atoms with E-state index in [0.717, 1.165) is 48.5 Å². The smallest absolute Gasteiger partial charge is 0.255 e. The molecule has 162 valence electrons. The third kappa shape index (κ3) is 3.64. The molecule has 0 bridgehead atoms. The quantitative estimate of drug-likeness (QED) is 0.507. The van der Waals surface area contributed by atoms with Crippen LogP contribution in [0.25, 0.3) is 16.9 Å². The van der Waals surface area contributed by atoms with E-state index < -0.39 is 5.91 Å². The number of carbonyl (C=O) groups excluding carboxylic acids is 1. The number of nitrogens with one attached hydrogen (secondary N) is 1. The lowest BCUT2D eigenvalue weighted by Crippen LogP contribution is -2.21. The van der Waals surface area contributed by atoms with Gasteiger partial charge in [0.25, 0.3) is 5.95 Å². The highest BCUT2D eigenvalue weighted by molar-refractivity contribution is 6.05. The van der Waals surface area contributed by atoms with Crippen molar-refractivity contribution >= 4 is 28.4 Å². The first kappa shape index (κ1) is 20.0. The van der Waals surface area contributed by atoms with Crippen LogP contribution in [0, 0.1) is 0 Å². The van der Waals surface area contributed by atoms with Crippen LogP contribution in [0.4, 0.5) is 11.6 Å². The monoisotopic (exact) mass is 427 g/mol. The summed E-state index contributed by atoms with van der Waals surface area (Å²) in [5.41, 5.74) is 9.03. The Morgan fingerprint density at radius 2 is 1.94 bits per heavy atom. The second-order valence-corrected chi connectivity index (χ2v) is 8.05. The average Bonchev–Trinajstić information content (AvgIpc) is 3.16. The van der Waals surface area contributed by atoms with Gasteiger partial charge in [-0.15, -0.1) is 0 Å². The molecule has 5 rings (SSSR count). The Bertz CT molecular complexity index is 1280. The number of carbonyl (C=O) groups is 1. The van der Waals surface area contributed by atoms with Gasteiger partial charge < -0.3 is 16.0 Å². The third-order valence-electron chi connectivity index (χ3n) is 5.88. The van der Waals surface area contributed by atoms with Gasteiger partial charge in [-0.05, 0) is 37.0 Å². The maximum absolute atomic E-state index is 11.8. The number of benzene rings is 2. The highest BCUT2D eigenvalue weighted by atomic mass is 16.1. The van der Waals surface area contributed by atoms with Crippen LogP contribution in [0.15, 0.2) is 54.7 Å². The predicted molar refractivity (Wildman–Crippen MR) is 125 cm³/mol. The van der Waals surface area contributed by atoms with Crippen LogP contribution in [0.2, 0.25) is 0 Å². The summed E-state index contributed by atoms with van der Waals surface area (Å²) in [4.78, 5) is 23.8. The average molecular weight is 428 g/mol. The molecule has 8 heteroatoms. The van der Waals surface area contributed by atoms with Crippen molar-refractivity contribution in [1.29, 1.82) is 0 Å². The molecule has 0 saturated heterocycles. The first-order chi connectivity index (χ1) is 15.6. The van der Waals surface area contributed by atoms with Crippen LogP contribution in [0.1, 0.15) is 34.3 Å². The number of fused-ring (bicyclic) bond motifs is 2. The molecule has 1 aliphatic heterocycles. The first-order valence-corrected chi connectivity index (χ1v) is 10.8. The van der Waals surface area contributed by atoms with Crippen molar-refractivity contribution in [2.75, 3.05) is 23.8 Å². The van der Waals surface area contributed by atoms with Crippen LogP contribution in [0.5, 0.6) is 0 Å². The zero-order valence-electron chi connectivity index (χ0n) is 18.0. The SMILES string of the molecule is CN1CCCCc2c(NCc3ccccc3)nc(-n3ncc4c(C(N)=O)cccc43)nc21. The Hall–Kier alpha value is -3.94. The van der Waals surface area contributed by atoms with Gasteiger partial charge in [-0.1, -0.05) is 36.4 Å². The van der Waals surface area contributed by atoms with Gasteiger partial charge >= 0.3 is 0 Å². The number of hydrogen-bond donors (Lipinski definition) is 2. The summed E-state index contributed by atoms with van der Waals surface area (Å²) in [6, 6.07) is 15.6. The molecule has 0 spiro atoms. The van der Waals surface area contributed by atoms with Crippen molar-refractivity contribution in [2.45, 2.75) is 25.8 Å². The van der Waals surface area contributed by atoms with Crippen LogP contribution < -0.4 is 16.0 Å². The number of amides is 1. The van der Waals surface area contributed by atoms with Gasteiger partial charge in [-0.25, -0.2) is 0 Å². The molecule has 32 heavy (non-hydrogen) atoms. The molecule has 8 nitrogen and oxygen atoms in total. The van der Waals surface area contributed by atoms with Crippen LogP contribution in [-0.2, 0) is 13.0 Å². The fraction of sp³-hybridized carbons (Fsp3) is 0.250. The van der Waals surface area contributed by atoms with E-state index in [1.165, 1.54) is 5.56 Å². The molecule has 3 N–H and O–H groups in total. The number of anilines is 2. The molecule has 4 aromatic rings. The van der Waals surface area contributed by atoms with Gasteiger partial charge in [0.05, 0.1) is 17.3 Å². The topological polar surface area (TPSA) is 102 Å². The fourth-order valence-electron chi connectivity index (χ4n) is 4.21. The van der Waals surface area contributed by atoms with E-state index in [0.29, 0.717) is 23.4 Å². The van der Waals surface area contributed by atoms with Crippen molar-refractivity contribution in [2.24, 2.45) is 5.73 Å². The lowest BCUT2D eigenvalue weighted by molar-refractivity contribution is 0.100. The number of aromatic nitrogens is 4. The molecule has 2 aromatic heterocycles. The summed E-state index contributed by atoms with van der Waals surface area (Å²) in [7, 11) is 2.06. The number of rotatable bonds is 5. The van der Waals surface area contributed by atoms with Crippen LogP contribution in [0.3, 0.4) is 0 Å². The summed E-state index contributed by atoms with van der Waals surface area (Å²) in [5.74, 6) is 1.71. The normalized spacial score (nSPS) is 13.6. The zero-order chi connectivity index (χ0) is 22.1. The van der Waals surface area contributed by atoms with E-state index in [1.54, 1.807) is 23.0 Å². The molecule has 2 aromatic carbocycles. The molecular formula is C24H25N7O. The van der Waals surface area contributed by atoms with Gasteiger partial charge in [0, 0.05) is 31.1 Å². The standard InChI is InChI=1S/C24H25N7O/c1-30-13-6-5-10-18-22(26-14-16-8-3-2-4-9-16)28-24(29-23(18)30)31-20-12-7-11-17(21(25)32)19(20)15-27-31/h2-4,7-9,11-12,15H,5-6,10,13-14H2,1H3,(H2,25,32)(H,26,28,29). The molecule has 1 amide bonds. The number of hydrogen-bond acceptors (Lipinski definition) is 6. The van der Waals surface area contributed by atoms with E-state index in [-0.39, 0.29) is 0 Å². The minimum atomic E-state index is -0.483. The summed E-state index contributed by atoms with van der Waals surface area (Å²) < 4.78 is 1.68. The highest BCUT2D eigenvalue weighted by Gasteiger charge is 2.22. The lowest BCUT2D eigenvalue weighted by Gasteiger charge is -2.21. The van der Waals surface area contributed by atoms with Crippen molar-refractivity contribution < 1.29 is 4.79 Å². The maximum atomic E-state index is 11.8. The Balaban J connectivity index is 1.62.